The van der Waals surface area contributed by atoms with E-state index >= 15 is 0 Å². The lowest BCUT2D eigenvalue weighted by molar-refractivity contribution is -0.134. The molecular formula is C19H29N3O3S. The molecule has 0 heterocycles. The van der Waals surface area contributed by atoms with Crippen LogP contribution < -0.4 is 16.0 Å². The SMILES string of the molecule is CC(C)CCC(=O)NC(=O)[C@H](C)NC(=O)[C@H](Cc1ccccc1)NCS. The number of benzene rings is 1. The lowest BCUT2D eigenvalue weighted by Gasteiger charge is -2.20. The number of thiol groups is 1. The van der Waals surface area contributed by atoms with Crippen molar-refractivity contribution in [1.82, 2.24) is 16.0 Å². The molecule has 0 fully saturated rings. The average molecular weight is 380 g/mol. The van der Waals surface area contributed by atoms with E-state index in [-0.39, 0.29) is 11.8 Å². The summed E-state index contributed by atoms with van der Waals surface area (Å²) >= 11 is 4.12. The molecule has 0 saturated carbocycles. The van der Waals surface area contributed by atoms with E-state index in [9.17, 15) is 14.4 Å². The molecule has 6 nitrogen and oxygen atoms in total. The van der Waals surface area contributed by atoms with Gasteiger partial charge >= 0.3 is 0 Å². The molecule has 2 atom stereocenters. The van der Waals surface area contributed by atoms with Crippen LogP contribution >= 0.6 is 12.6 Å². The van der Waals surface area contributed by atoms with Crippen LogP contribution in [0, 0.1) is 5.92 Å². The summed E-state index contributed by atoms with van der Waals surface area (Å²) in [6.45, 7) is 5.59. The monoisotopic (exact) mass is 379 g/mol. The number of carbonyl (C=O) groups is 3. The zero-order chi connectivity index (χ0) is 19.5. The Labute approximate surface area is 160 Å². The maximum absolute atomic E-state index is 12.5. The third-order valence-electron chi connectivity index (χ3n) is 3.90. The Hall–Kier alpha value is -1.86. The van der Waals surface area contributed by atoms with E-state index in [1.54, 1.807) is 6.92 Å². The van der Waals surface area contributed by atoms with Gasteiger partial charge in [-0.1, -0.05) is 44.2 Å². The summed E-state index contributed by atoms with van der Waals surface area (Å²) in [6, 6.07) is 8.28. The summed E-state index contributed by atoms with van der Waals surface area (Å²) in [5.74, 6) is -0.408. The smallest absolute Gasteiger partial charge is 0.248 e. The molecule has 0 bridgehead atoms. The first-order chi connectivity index (χ1) is 12.3. The van der Waals surface area contributed by atoms with Crippen molar-refractivity contribution < 1.29 is 14.4 Å². The minimum Gasteiger partial charge on any atom is -0.343 e. The van der Waals surface area contributed by atoms with Gasteiger partial charge in [0, 0.05) is 12.3 Å². The van der Waals surface area contributed by atoms with Crippen LogP contribution in [0.5, 0.6) is 0 Å². The van der Waals surface area contributed by atoms with Crippen molar-refractivity contribution in [2.24, 2.45) is 5.92 Å². The summed E-state index contributed by atoms with van der Waals surface area (Å²) in [5, 5.41) is 7.99. The lowest BCUT2D eigenvalue weighted by Crippen LogP contribution is -2.52. The van der Waals surface area contributed by atoms with E-state index in [4.69, 9.17) is 0 Å². The van der Waals surface area contributed by atoms with Crippen LogP contribution in [-0.2, 0) is 20.8 Å². The topological polar surface area (TPSA) is 87.3 Å². The molecule has 144 valence electrons. The molecule has 0 spiro atoms. The number of hydrogen-bond acceptors (Lipinski definition) is 5. The van der Waals surface area contributed by atoms with Gasteiger partial charge < -0.3 is 5.32 Å². The fraction of sp³-hybridized carbons (Fsp3) is 0.526. The first-order valence-electron chi connectivity index (χ1n) is 8.85. The molecule has 0 aliphatic carbocycles. The van der Waals surface area contributed by atoms with E-state index < -0.39 is 18.0 Å². The van der Waals surface area contributed by atoms with Gasteiger partial charge in [-0.3, -0.25) is 25.0 Å². The molecule has 0 aliphatic rings. The average Bonchev–Trinajstić information content (AvgIpc) is 2.60. The highest BCUT2D eigenvalue weighted by molar-refractivity contribution is 7.80. The van der Waals surface area contributed by atoms with Gasteiger partial charge in [-0.05, 0) is 31.2 Å². The molecular weight excluding hydrogens is 350 g/mol. The largest absolute Gasteiger partial charge is 0.343 e. The Morgan fingerprint density at radius 3 is 2.27 bits per heavy atom. The molecule has 0 unspecified atom stereocenters. The fourth-order valence-electron chi connectivity index (χ4n) is 2.33. The molecule has 26 heavy (non-hydrogen) atoms. The van der Waals surface area contributed by atoms with Gasteiger partial charge in [-0.15, -0.1) is 0 Å². The van der Waals surface area contributed by atoms with E-state index in [2.05, 4.69) is 28.6 Å². The first-order valence-corrected chi connectivity index (χ1v) is 9.49. The molecule has 7 heteroatoms. The predicted molar refractivity (Wildman–Crippen MR) is 106 cm³/mol. The molecule has 1 rings (SSSR count). The second-order valence-corrected chi connectivity index (χ2v) is 7.00. The van der Waals surface area contributed by atoms with Crippen molar-refractivity contribution in [1.29, 1.82) is 0 Å². The maximum Gasteiger partial charge on any atom is 0.248 e. The van der Waals surface area contributed by atoms with Crippen molar-refractivity contribution in [2.45, 2.75) is 52.1 Å². The minimum absolute atomic E-state index is 0.294. The van der Waals surface area contributed by atoms with Gasteiger partial charge in [-0.25, -0.2) is 0 Å². The molecule has 3 amide bonds. The van der Waals surface area contributed by atoms with Crippen molar-refractivity contribution in [3.63, 3.8) is 0 Å². The summed E-state index contributed by atoms with van der Waals surface area (Å²) in [6.07, 6.45) is 1.49. The molecule has 0 saturated heterocycles. The normalized spacial score (nSPS) is 13.1. The molecule has 1 aromatic rings. The third-order valence-corrected chi connectivity index (χ3v) is 4.08. The van der Waals surface area contributed by atoms with Gasteiger partial charge in [0.05, 0.1) is 6.04 Å². The summed E-state index contributed by atoms with van der Waals surface area (Å²) < 4.78 is 0. The van der Waals surface area contributed by atoms with Gasteiger partial charge in [-0.2, -0.15) is 12.6 Å². The fourth-order valence-corrected chi connectivity index (χ4v) is 2.55. The van der Waals surface area contributed by atoms with E-state index in [1.807, 2.05) is 44.2 Å². The Morgan fingerprint density at radius 2 is 1.69 bits per heavy atom. The number of rotatable bonds is 10. The van der Waals surface area contributed by atoms with Gasteiger partial charge in [0.15, 0.2) is 0 Å². The van der Waals surface area contributed by atoms with Crippen LogP contribution in [0.25, 0.3) is 0 Å². The van der Waals surface area contributed by atoms with Gasteiger partial charge in [0.2, 0.25) is 17.7 Å². The second-order valence-electron chi connectivity index (χ2n) is 6.68. The highest BCUT2D eigenvalue weighted by Gasteiger charge is 2.23. The molecule has 0 aromatic heterocycles. The maximum atomic E-state index is 12.5. The number of amides is 3. The Kier molecular flexibility index (Phi) is 9.98. The minimum atomic E-state index is -0.800. The van der Waals surface area contributed by atoms with Gasteiger partial charge in [0.1, 0.15) is 6.04 Å². The number of carbonyl (C=O) groups excluding carboxylic acids is 3. The third kappa shape index (κ3) is 8.49. The number of nitrogens with one attached hydrogen (secondary N) is 3. The molecule has 0 radical (unpaired) electrons. The van der Waals surface area contributed by atoms with Gasteiger partial charge in [0.25, 0.3) is 0 Å². The van der Waals surface area contributed by atoms with Crippen LogP contribution in [0.4, 0.5) is 0 Å². The van der Waals surface area contributed by atoms with E-state index in [1.165, 1.54) is 0 Å². The Bertz CT molecular complexity index is 593. The lowest BCUT2D eigenvalue weighted by atomic mass is 10.1. The van der Waals surface area contributed by atoms with Crippen molar-refractivity contribution in [3.8, 4) is 0 Å². The van der Waals surface area contributed by atoms with Crippen molar-refractivity contribution in [3.05, 3.63) is 35.9 Å². The summed E-state index contributed by atoms with van der Waals surface area (Å²) in [7, 11) is 0. The standard InChI is InChI=1S/C19H29N3O3S/c1-13(2)9-10-17(23)22-18(24)14(3)21-19(25)16(20-12-26)11-15-7-5-4-6-8-15/h4-8,13-14,16,20,26H,9-12H2,1-3H3,(H,21,25)(H,22,23,24)/t14-,16-/m0/s1. The molecule has 3 N–H and O–H groups in total. The number of hydrogen-bond donors (Lipinski definition) is 4. The first kappa shape index (κ1) is 22.2. The molecule has 0 aliphatic heterocycles. The van der Waals surface area contributed by atoms with Crippen molar-refractivity contribution >= 4 is 30.4 Å². The Morgan fingerprint density at radius 1 is 1.04 bits per heavy atom. The predicted octanol–water partition coefficient (Wildman–Crippen LogP) is 1.66. The molecule has 1 aromatic carbocycles. The van der Waals surface area contributed by atoms with E-state index in [0.29, 0.717) is 31.1 Å². The Balaban J connectivity index is 2.55. The second kappa shape index (κ2) is 11.7. The van der Waals surface area contributed by atoms with E-state index in [0.717, 1.165) is 5.56 Å². The highest BCUT2D eigenvalue weighted by Crippen LogP contribution is 2.05. The van der Waals surface area contributed by atoms with Crippen LogP contribution in [0.15, 0.2) is 30.3 Å². The van der Waals surface area contributed by atoms with Crippen LogP contribution in [0.3, 0.4) is 0 Å². The van der Waals surface area contributed by atoms with Crippen LogP contribution in [0.2, 0.25) is 0 Å². The zero-order valence-corrected chi connectivity index (χ0v) is 16.5. The highest BCUT2D eigenvalue weighted by atomic mass is 32.1. The summed E-state index contributed by atoms with van der Waals surface area (Å²) in [5.41, 5.74) is 1.00. The quantitative estimate of drug-likeness (QED) is 0.368. The van der Waals surface area contributed by atoms with Crippen molar-refractivity contribution in [2.75, 3.05) is 5.88 Å². The van der Waals surface area contributed by atoms with Crippen LogP contribution in [0.1, 0.15) is 39.2 Å². The summed E-state index contributed by atoms with van der Waals surface area (Å²) in [4.78, 5) is 36.3. The zero-order valence-electron chi connectivity index (χ0n) is 15.6. The van der Waals surface area contributed by atoms with Crippen LogP contribution in [-0.4, -0.2) is 35.7 Å². The number of imide groups is 1.